The highest BCUT2D eigenvalue weighted by Gasteiger charge is 1.94. The maximum atomic E-state index is 11.0. The molecule has 0 unspecified atom stereocenters. The first kappa shape index (κ1) is 14.2. The monoisotopic (exact) mass is 222 g/mol. The first-order chi connectivity index (χ1) is 7.26. The third-order valence-corrected chi connectivity index (χ3v) is 1.81. The van der Waals surface area contributed by atoms with Gasteiger partial charge < -0.3 is 9.47 Å². The van der Waals surface area contributed by atoms with Crippen molar-refractivity contribution in [2.75, 3.05) is 13.7 Å². The van der Waals surface area contributed by atoms with Crippen LogP contribution in [0, 0.1) is 0 Å². The van der Waals surface area contributed by atoms with E-state index >= 15 is 0 Å². The minimum atomic E-state index is -0.326. The molecule has 1 aromatic carbocycles. The van der Waals surface area contributed by atoms with Crippen molar-refractivity contribution < 1.29 is 14.3 Å². The van der Waals surface area contributed by atoms with Gasteiger partial charge in [-0.2, -0.15) is 0 Å². The number of ether oxygens (including phenoxy) is 2. The second kappa shape index (κ2) is 7.51. The van der Waals surface area contributed by atoms with Gasteiger partial charge in [0, 0.05) is 6.08 Å². The first-order valence-corrected chi connectivity index (χ1v) is 4.75. The smallest absolute Gasteiger partial charge is 0.330 e. The summed E-state index contributed by atoms with van der Waals surface area (Å²) in [5.74, 6) is 0.469. The highest BCUT2D eigenvalue weighted by Crippen LogP contribution is 2.12. The molecule has 0 amide bonds. The Hall–Kier alpha value is -1.77. The molecule has 16 heavy (non-hydrogen) atoms. The summed E-state index contributed by atoms with van der Waals surface area (Å²) in [6.45, 7) is 2.17. The van der Waals surface area contributed by atoms with E-state index in [1.54, 1.807) is 20.1 Å². The molecule has 0 fully saturated rings. The lowest BCUT2D eigenvalue weighted by Crippen LogP contribution is -1.98. The second-order valence-corrected chi connectivity index (χ2v) is 2.86. The van der Waals surface area contributed by atoms with Gasteiger partial charge in [0.05, 0.1) is 13.7 Å². The van der Waals surface area contributed by atoms with Crippen LogP contribution in [-0.2, 0) is 9.53 Å². The summed E-state index contributed by atoms with van der Waals surface area (Å²) in [4.78, 5) is 11.0. The molecular formula is C13H18O3. The molecule has 0 atom stereocenters. The molecule has 0 aliphatic rings. The summed E-state index contributed by atoms with van der Waals surface area (Å²) in [6.07, 6.45) is 3.11. The van der Waals surface area contributed by atoms with E-state index in [9.17, 15) is 4.79 Å². The van der Waals surface area contributed by atoms with E-state index in [1.165, 1.54) is 6.08 Å². The van der Waals surface area contributed by atoms with Crippen LogP contribution in [0.15, 0.2) is 30.3 Å². The van der Waals surface area contributed by atoms with Gasteiger partial charge in [-0.1, -0.05) is 19.6 Å². The predicted molar refractivity (Wildman–Crippen MR) is 65.4 cm³/mol. The zero-order valence-electron chi connectivity index (χ0n) is 8.90. The van der Waals surface area contributed by atoms with Gasteiger partial charge in [-0.3, -0.25) is 0 Å². The Labute approximate surface area is 96.7 Å². The highest BCUT2D eigenvalue weighted by molar-refractivity contribution is 5.87. The van der Waals surface area contributed by atoms with E-state index in [-0.39, 0.29) is 13.4 Å². The molecule has 3 nitrogen and oxygen atoms in total. The maximum absolute atomic E-state index is 11.0. The molecule has 0 saturated carbocycles. The molecule has 0 aromatic heterocycles. The molecule has 1 aromatic rings. The Morgan fingerprint density at radius 2 is 1.94 bits per heavy atom. The molecule has 88 valence electrons. The molecule has 0 radical (unpaired) electrons. The van der Waals surface area contributed by atoms with Crippen LogP contribution in [0.4, 0.5) is 0 Å². The van der Waals surface area contributed by atoms with Crippen molar-refractivity contribution in [2.24, 2.45) is 0 Å². The first-order valence-electron chi connectivity index (χ1n) is 4.75. The lowest BCUT2D eigenvalue weighted by molar-refractivity contribution is -0.137. The van der Waals surface area contributed by atoms with E-state index in [2.05, 4.69) is 0 Å². The quantitative estimate of drug-likeness (QED) is 0.580. The lowest BCUT2D eigenvalue weighted by Gasteiger charge is -1.99. The maximum Gasteiger partial charge on any atom is 0.330 e. The van der Waals surface area contributed by atoms with E-state index in [0.29, 0.717) is 6.61 Å². The minimum Gasteiger partial charge on any atom is -0.497 e. The van der Waals surface area contributed by atoms with Gasteiger partial charge >= 0.3 is 5.97 Å². The molecular weight excluding hydrogens is 204 g/mol. The van der Waals surface area contributed by atoms with Crippen molar-refractivity contribution in [3.05, 3.63) is 35.9 Å². The van der Waals surface area contributed by atoms with E-state index < -0.39 is 0 Å². The average Bonchev–Trinajstić information content (AvgIpc) is 2.27. The molecule has 0 N–H and O–H groups in total. The van der Waals surface area contributed by atoms with Crippen molar-refractivity contribution >= 4 is 12.0 Å². The number of benzene rings is 1. The fraction of sp³-hybridized carbons (Fsp3) is 0.308. The minimum absolute atomic E-state index is 0. The zero-order chi connectivity index (χ0) is 11.1. The molecule has 1 rings (SSSR count). The van der Waals surface area contributed by atoms with Crippen LogP contribution in [0.25, 0.3) is 6.08 Å². The van der Waals surface area contributed by atoms with Crippen LogP contribution in [0.5, 0.6) is 5.75 Å². The Morgan fingerprint density at radius 1 is 1.31 bits per heavy atom. The highest BCUT2D eigenvalue weighted by atomic mass is 16.5. The van der Waals surface area contributed by atoms with Crippen molar-refractivity contribution in [2.45, 2.75) is 14.4 Å². The number of methoxy groups -OCH3 is 1. The molecule has 3 heteroatoms. The van der Waals surface area contributed by atoms with Crippen LogP contribution < -0.4 is 4.74 Å². The summed E-state index contributed by atoms with van der Waals surface area (Å²) in [5, 5.41) is 0. The van der Waals surface area contributed by atoms with Crippen LogP contribution in [0.1, 0.15) is 19.9 Å². The Bertz CT molecular complexity index is 339. The van der Waals surface area contributed by atoms with Crippen molar-refractivity contribution in [3.8, 4) is 5.75 Å². The summed E-state index contributed by atoms with van der Waals surface area (Å²) >= 11 is 0. The number of esters is 1. The third-order valence-electron chi connectivity index (χ3n) is 1.81. The summed E-state index contributed by atoms with van der Waals surface area (Å²) in [7, 11) is 1.61. The SMILES string of the molecule is C.CCOC(=O)/C=C/c1ccc(OC)cc1. The molecule has 0 bridgehead atoms. The van der Waals surface area contributed by atoms with E-state index in [0.717, 1.165) is 11.3 Å². The summed E-state index contributed by atoms with van der Waals surface area (Å²) in [5.41, 5.74) is 0.934. The van der Waals surface area contributed by atoms with Crippen LogP contribution in [-0.4, -0.2) is 19.7 Å². The van der Waals surface area contributed by atoms with Crippen molar-refractivity contribution in [1.82, 2.24) is 0 Å². The van der Waals surface area contributed by atoms with Crippen LogP contribution >= 0.6 is 0 Å². The zero-order valence-corrected chi connectivity index (χ0v) is 8.90. The fourth-order valence-electron chi connectivity index (χ4n) is 1.07. The average molecular weight is 222 g/mol. The fourth-order valence-corrected chi connectivity index (χ4v) is 1.07. The molecule has 0 spiro atoms. The van der Waals surface area contributed by atoms with Gasteiger partial charge in [-0.05, 0) is 30.7 Å². The van der Waals surface area contributed by atoms with Gasteiger partial charge in [0.15, 0.2) is 0 Å². The largest absolute Gasteiger partial charge is 0.497 e. The summed E-state index contributed by atoms with van der Waals surface area (Å²) < 4.78 is 9.78. The standard InChI is InChI=1S/C12H14O3.CH4/c1-3-15-12(13)9-6-10-4-7-11(14-2)8-5-10;/h4-9H,3H2,1-2H3;1H4/b9-6+;. The third kappa shape index (κ3) is 4.64. The van der Waals surface area contributed by atoms with Gasteiger partial charge in [0.25, 0.3) is 0 Å². The molecule has 0 aliphatic heterocycles. The van der Waals surface area contributed by atoms with Crippen LogP contribution in [0.3, 0.4) is 0 Å². The van der Waals surface area contributed by atoms with Gasteiger partial charge in [0.2, 0.25) is 0 Å². The van der Waals surface area contributed by atoms with Crippen LogP contribution in [0.2, 0.25) is 0 Å². The molecule has 0 saturated heterocycles. The number of carbonyl (C=O) groups is 1. The molecule has 0 aliphatic carbocycles. The topological polar surface area (TPSA) is 35.5 Å². The Morgan fingerprint density at radius 3 is 2.44 bits per heavy atom. The van der Waals surface area contributed by atoms with Gasteiger partial charge in [0.1, 0.15) is 5.75 Å². The predicted octanol–water partition coefficient (Wildman–Crippen LogP) is 2.91. The van der Waals surface area contributed by atoms with Gasteiger partial charge in [-0.15, -0.1) is 0 Å². The Balaban J connectivity index is 0.00000225. The number of hydrogen-bond acceptors (Lipinski definition) is 3. The number of rotatable bonds is 4. The normalized spacial score (nSPS) is 9.62. The van der Waals surface area contributed by atoms with E-state index in [4.69, 9.17) is 9.47 Å². The molecule has 0 heterocycles. The lowest BCUT2D eigenvalue weighted by atomic mass is 10.2. The van der Waals surface area contributed by atoms with Crippen molar-refractivity contribution in [3.63, 3.8) is 0 Å². The van der Waals surface area contributed by atoms with E-state index in [1.807, 2.05) is 24.3 Å². The summed E-state index contributed by atoms with van der Waals surface area (Å²) in [6, 6.07) is 7.42. The van der Waals surface area contributed by atoms with Crippen molar-refractivity contribution in [1.29, 1.82) is 0 Å². The second-order valence-electron chi connectivity index (χ2n) is 2.86. The Kier molecular flexibility index (Phi) is 6.68. The number of carbonyl (C=O) groups excluding carboxylic acids is 1. The van der Waals surface area contributed by atoms with Gasteiger partial charge in [-0.25, -0.2) is 4.79 Å². The number of hydrogen-bond donors (Lipinski definition) is 0.